The molecule has 0 unspecified atom stereocenters. The van der Waals surface area contributed by atoms with Crippen molar-refractivity contribution in [1.82, 2.24) is 4.90 Å². The van der Waals surface area contributed by atoms with Crippen molar-refractivity contribution in [3.63, 3.8) is 0 Å². The smallest absolute Gasteiger partial charge is 0.508 e. The minimum absolute atomic E-state index is 0.00714. The van der Waals surface area contributed by atoms with Gasteiger partial charge in [-0.1, -0.05) is 33.6 Å². The van der Waals surface area contributed by atoms with Crippen molar-refractivity contribution in [3.8, 4) is 11.5 Å². The number of rotatable bonds is 5. The molecule has 1 saturated carbocycles. The van der Waals surface area contributed by atoms with Crippen LogP contribution in [0.15, 0.2) is 54.1 Å². The van der Waals surface area contributed by atoms with E-state index in [9.17, 15) is 47.4 Å². The van der Waals surface area contributed by atoms with Crippen molar-refractivity contribution in [2.75, 3.05) is 10.4 Å². The Labute approximate surface area is 270 Å². The molecule has 45 heavy (non-hydrogen) atoms. The number of anilines is 1. The van der Waals surface area contributed by atoms with Gasteiger partial charge in [-0.05, 0) is 55.2 Å². The molecule has 2 heterocycles. The van der Waals surface area contributed by atoms with E-state index in [0.29, 0.717) is 0 Å². The molecule has 3 fully saturated rings. The Morgan fingerprint density at radius 3 is 2.40 bits per heavy atom. The number of phenols is 1. The molecule has 6 rings (SSSR count). The molecule has 2 aromatic carbocycles. The number of aromatic carboxylic acids is 1. The Kier molecular flexibility index (Phi) is 7.29. The molecule has 2 saturated heterocycles. The van der Waals surface area contributed by atoms with Crippen LogP contribution in [0.1, 0.15) is 34.7 Å². The van der Waals surface area contributed by atoms with Crippen LogP contribution in [-0.2, 0) is 19.2 Å². The number of aromatic hydroxyl groups is 1. The van der Waals surface area contributed by atoms with Gasteiger partial charge in [0.05, 0.1) is 28.5 Å². The van der Waals surface area contributed by atoms with Gasteiger partial charge in [-0.25, -0.2) is 4.79 Å². The highest BCUT2D eigenvalue weighted by molar-refractivity contribution is 9.09. The van der Waals surface area contributed by atoms with E-state index in [1.54, 1.807) is 0 Å². The molecule has 2 N–H and O–H groups in total. The maximum Gasteiger partial charge on any atom is 0.573 e. The number of halogens is 6. The lowest BCUT2D eigenvalue weighted by atomic mass is 9.56. The second-order valence-corrected chi connectivity index (χ2v) is 12.9. The van der Waals surface area contributed by atoms with Crippen LogP contribution in [-0.4, -0.2) is 66.3 Å². The molecule has 0 bridgehead atoms. The number of fused-ring (bicyclic) bond motifs is 4. The van der Waals surface area contributed by atoms with Gasteiger partial charge in [0.2, 0.25) is 11.8 Å². The van der Waals surface area contributed by atoms with E-state index in [-0.39, 0.29) is 34.3 Å². The summed E-state index contributed by atoms with van der Waals surface area (Å²) in [6.07, 6.45) is -4.06. The van der Waals surface area contributed by atoms with Crippen molar-refractivity contribution in [2.45, 2.75) is 34.9 Å². The topological polar surface area (TPSA) is 142 Å². The fourth-order valence-electron chi connectivity index (χ4n) is 7.09. The van der Waals surface area contributed by atoms with Gasteiger partial charge in [0.25, 0.3) is 11.8 Å². The quantitative estimate of drug-likeness (QED) is 0.192. The number of carbonyl (C=O) groups is 5. The second kappa shape index (κ2) is 10.5. The maximum atomic E-state index is 14.0. The fourth-order valence-corrected chi connectivity index (χ4v) is 8.51. The zero-order valence-electron chi connectivity index (χ0n) is 22.6. The number of carboxylic acid groups (broad SMARTS) is 1. The number of benzene rings is 2. The van der Waals surface area contributed by atoms with E-state index in [2.05, 4.69) is 20.7 Å². The predicted molar refractivity (Wildman–Crippen MR) is 154 cm³/mol. The van der Waals surface area contributed by atoms with Gasteiger partial charge >= 0.3 is 12.3 Å². The second-order valence-electron chi connectivity index (χ2n) is 11.1. The van der Waals surface area contributed by atoms with Crippen molar-refractivity contribution in [1.29, 1.82) is 0 Å². The first kappa shape index (κ1) is 31.4. The Bertz CT molecular complexity index is 1740. The Hall–Kier alpha value is -3.62. The van der Waals surface area contributed by atoms with Crippen molar-refractivity contribution in [2.24, 2.45) is 17.8 Å². The average molecular weight is 732 g/mol. The van der Waals surface area contributed by atoms with Crippen LogP contribution < -0.4 is 9.64 Å². The first-order valence-electron chi connectivity index (χ1n) is 13.3. The van der Waals surface area contributed by atoms with E-state index in [1.165, 1.54) is 24.3 Å². The van der Waals surface area contributed by atoms with Crippen LogP contribution in [0.5, 0.6) is 11.5 Å². The number of ether oxygens (including phenoxy) is 1. The van der Waals surface area contributed by atoms with Gasteiger partial charge in [0.15, 0.2) is 9.75 Å². The number of imide groups is 2. The van der Waals surface area contributed by atoms with Gasteiger partial charge in [-0.2, -0.15) is 0 Å². The standard InChI is InChI=1S/C29H20BrCl2F3N2O8/c30-11-36-25(43)27(31)10-18-15(21(28(27,32)26(36)44)17-9-14(4-7-19(17)38)45-29(33,34)35)5-6-16-20(18)23(40)37(22(16)39)13-3-1-2-12(8-13)24(41)42/h1-5,7-9,16,18,20-21,38H,6,10-11H2,(H,41,42)/t16-,18+,20-,21+,27+,28-/m0/s1. The molecule has 0 aromatic heterocycles. The van der Waals surface area contributed by atoms with Gasteiger partial charge in [-0.15, -0.1) is 36.4 Å². The number of alkyl halides is 6. The molecular weight excluding hydrogens is 712 g/mol. The fraction of sp³-hybridized carbons (Fsp3) is 0.345. The lowest BCUT2D eigenvalue weighted by molar-refractivity contribution is -0.274. The summed E-state index contributed by atoms with van der Waals surface area (Å²) in [7, 11) is 0. The number of hydrogen-bond acceptors (Lipinski definition) is 7. The molecule has 10 nitrogen and oxygen atoms in total. The summed E-state index contributed by atoms with van der Waals surface area (Å²) in [6.45, 7) is 0. The van der Waals surface area contributed by atoms with Gasteiger partial charge < -0.3 is 14.9 Å². The van der Waals surface area contributed by atoms with E-state index < -0.39 is 87.3 Å². The van der Waals surface area contributed by atoms with Crippen molar-refractivity contribution >= 4 is 74.4 Å². The highest BCUT2D eigenvalue weighted by atomic mass is 79.9. The first-order valence-corrected chi connectivity index (χ1v) is 15.2. The molecule has 2 aromatic rings. The third-order valence-corrected chi connectivity index (χ3v) is 10.8. The zero-order chi connectivity index (χ0) is 32.8. The molecule has 0 spiro atoms. The normalized spacial score (nSPS) is 31.0. The Balaban J connectivity index is 1.52. The SMILES string of the molecule is O=C(O)c1cccc(N2C(=O)[C@H]3[C@H](CC=C4[C@H]3C[C@@]3(Cl)C(=O)N(CBr)C(=O)[C@@]3(Cl)[C@H]4c3cc(OC(F)(F)F)ccc3O)C2=O)c1. The van der Waals surface area contributed by atoms with Crippen LogP contribution in [0, 0.1) is 17.8 Å². The number of phenolic OH excluding ortho intramolecular Hbond substituents is 1. The van der Waals surface area contributed by atoms with Gasteiger partial charge in [-0.3, -0.25) is 29.0 Å². The van der Waals surface area contributed by atoms with Crippen LogP contribution in [0.3, 0.4) is 0 Å². The van der Waals surface area contributed by atoms with E-state index >= 15 is 0 Å². The lowest BCUT2D eigenvalue weighted by Crippen LogP contribution is -2.60. The molecule has 16 heteroatoms. The van der Waals surface area contributed by atoms with E-state index in [1.807, 2.05) is 0 Å². The number of amides is 4. The minimum atomic E-state index is -5.11. The summed E-state index contributed by atoms with van der Waals surface area (Å²) in [6, 6.07) is 7.81. The van der Waals surface area contributed by atoms with E-state index in [0.717, 1.165) is 34.1 Å². The minimum Gasteiger partial charge on any atom is -0.508 e. The van der Waals surface area contributed by atoms with Crippen LogP contribution in [0.2, 0.25) is 0 Å². The number of likely N-dealkylation sites (tertiary alicyclic amines) is 1. The average Bonchev–Trinajstić information content (AvgIpc) is 3.31. The third-order valence-electron chi connectivity index (χ3n) is 8.91. The third kappa shape index (κ3) is 4.47. The monoisotopic (exact) mass is 730 g/mol. The summed E-state index contributed by atoms with van der Waals surface area (Å²) in [5.74, 6) is -10.6. The number of hydrogen-bond donors (Lipinski definition) is 2. The number of carbonyl (C=O) groups excluding carboxylic acids is 4. The molecule has 4 aliphatic rings. The van der Waals surface area contributed by atoms with Crippen LogP contribution >= 0.6 is 39.1 Å². The molecule has 2 aliphatic carbocycles. The van der Waals surface area contributed by atoms with Crippen molar-refractivity contribution < 1.29 is 52.1 Å². The number of allylic oxidation sites excluding steroid dienone is 2. The highest BCUT2D eigenvalue weighted by Gasteiger charge is 2.76. The molecular formula is C29H20BrCl2F3N2O8. The highest BCUT2D eigenvalue weighted by Crippen LogP contribution is 2.66. The number of carboxylic acids is 1. The van der Waals surface area contributed by atoms with Crippen molar-refractivity contribution in [3.05, 3.63) is 65.2 Å². The molecule has 2 aliphatic heterocycles. The van der Waals surface area contributed by atoms with Crippen LogP contribution in [0.4, 0.5) is 18.9 Å². The Morgan fingerprint density at radius 1 is 1.04 bits per heavy atom. The summed E-state index contributed by atoms with van der Waals surface area (Å²) >= 11 is 17.2. The molecule has 236 valence electrons. The van der Waals surface area contributed by atoms with Crippen LogP contribution in [0.25, 0.3) is 0 Å². The number of nitrogens with zero attached hydrogens (tertiary/aromatic N) is 2. The zero-order valence-corrected chi connectivity index (χ0v) is 25.7. The first-order chi connectivity index (χ1) is 21.0. The predicted octanol–water partition coefficient (Wildman–Crippen LogP) is 4.90. The lowest BCUT2D eigenvalue weighted by Gasteiger charge is -2.50. The molecule has 0 radical (unpaired) electrons. The summed E-state index contributed by atoms with van der Waals surface area (Å²) in [5, 5.41) is 20.4. The summed E-state index contributed by atoms with van der Waals surface area (Å²) in [5.41, 5.74) is -0.585. The van der Waals surface area contributed by atoms with Gasteiger partial charge in [0, 0.05) is 11.5 Å². The largest absolute Gasteiger partial charge is 0.573 e. The Morgan fingerprint density at radius 2 is 1.76 bits per heavy atom. The van der Waals surface area contributed by atoms with E-state index in [4.69, 9.17) is 23.2 Å². The summed E-state index contributed by atoms with van der Waals surface area (Å²) < 4.78 is 43.5. The summed E-state index contributed by atoms with van der Waals surface area (Å²) in [4.78, 5) is 63.7. The van der Waals surface area contributed by atoms with Gasteiger partial charge in [0.1, 0.15) is 11.5 Å². The molecule has 6 atom stereocenters. The maximum absolute atomic E-state index is 14.0. The molecule has 4 amide bonds.